The molecule has 0 aliphatic heterocycles. The molecule has 3 nitrogen and oxygen atoms in total. The summed E-state index contributed by atoms with van der Waals surface area (Å²) in [5, 5.41) is 3.30. The molecule has 0 spiro atoms. The van der Waals surface area contributed by atoms with Crippen LogP contribution in [0.4, 0.5) is 5.82 Å². The minimum absolute atomic E-state index is 0.517. The second kappa shape index (κ2) is 4.56. The highest BCUT2D eigenvalue weighted by atomic mass is 14.9. The van der Waals surface area contributed by atoms with Gasteiger partial charge in [-0.1, -0.05) is 36.4 Å². The molecule has 0 aliphatic rings. The van der Waals surface area contributed by atoms with Gasteiger partial charge in [0.1, 0.15) is 5.82 Å². The summed E-state index contributed by atoms with van der Waals surface area (Å²) < 4.78 is 0. The number of nitrogen functional groups attached to an aromatic ring is 1. The van der Waals surface area contributed by atoms with Gasteiger partial charge in [-0.3, -0.25) is 4.98 Å². The van der Waals surface area contributed by atoms with Crippen LogP contribution >= 0.6 is 0 Å². The highest BCUT2D eigenvalue weighted by Crippen LogP contribution is 2.27. The van der Waals surface area contributed by atoms with Gasteiger partial charge in [-0.2, -0.15) is 0 Å². The van der Waals surface area contributed by atoms with E-state index in [1.807, 2.05) is 30.3 Å². The number of hydrogen-bond acceptors (Lipinski definition) is 3. The zero-order chi connectivity index (χ0) is 14.2. The fourth-order valence-electron chi connectivity index (χ4n) is 2.60. The van der Waals surface area contributed by atoms with Crippen LogP contribution in [0.5, 0.6) is 0 Å². The molecule has 4 rings (SSSR count). The number of nitrogens with two attached hydrogens (primary N) is 1. The first-order valence-electron chi connectivity index (χ1n) is 6.82. The van der Waals surface area contributed by atoms with Gasteiger partial charge in [0, 0.05) is 17.1 Å². The topological polar surface area (TPSA) is 51.8 Å². The Labute approximate surface area is 122 Å². The lowest BCUT2D eigenvalue weighted by Crippen LogP contribution is -1.95. The highest BCUT2D eigenvalue weighted by Gasteiger charge is 2.06. The lowest BCUT2D eigenvalue weighted by Gasteiger charge is -2.07. The number of nitrogens with zero attached hydrogens (tertiary/aromatic N) is 2. The van der Waals surface area contributed by atoms with Crippen LogP contribution in [0, 0.1) is 0 Å². The van der Waals surface area contributed by atoms with E-state index in [1.54, 1.807) is 6.20 Å². The monoisotopic (exact) mass is 271 g/mol. The third-order valence-electron chi connectivity index (χ3n) is 3.67. The summed E-state index contributed by atoms with van der Waals surface area (Å²) in [5.41, 5.74) is 8.82. The Morgan fingerprint density at radius 2 is 1.67 bits per heavy atom. The fourth-order valence-corrected chi connectivity index (χ4v) is 2.60. The van der Waals surface area contributed by atoms with Crippen LogP contribution in [0.2, 0.25) is 0 Å². The predicted molar refractivity (Wildman–Crippen MR) is 86.9 cm³/mol. The molecule has 3 heteroatoms. The number of hydrogen-bond donors (Lipinski definition) is 1. The van der Waals surface area contributed by atoms with Crippen LogP contribution in [0.25, 0.3) is 32.9 Å². The van der Waals surface area contributed by atoms with Gasteiger partial charge >= 0.3 is 0 Å². The summed E-state index contributed by atoms with van der Waals surface area (Å²) in [7, 11) is 0. The highest BCUT2D eigenvalue weighted by molar-refractivity contribution is 5.92. The van der Waals surface area contributed by atoms with Crippen molar-refractivity contribution in [3.05, 3.63) is 66.9 Å². The molecule has 2 heterocycles. The van der Waals surface area contributed by atoms with Crippen molar-refractivity contribution in [3.63, 3.8) is 0 Å². The molecular formula is C18H13N3. The second-order valence-electron chi connectivity index (χ2n) is 5.02. The Hall–Kier alpha value is -2.94. The molecule has 0 atom stereocenters. The largest absolute Gasteiger partial charge is 0.383 e. The summed E-state index contributed by atoms with van der Waals surface area (Å²) in [4.78, 5) is 8.89. The lowest BCUT2D eigenvalue weighted by molar-refractivity contribution is 1.33. The number of aromatic nitrogens is 2. The van der Waals surface area contributed by atoms with Gasteiger partial charge < -0.3 is 5.73 Å². The van der Waals surface area contributed by atoms with Gasteiger partial charge in [0.05, 0.1) is 11.2 Å². The molecule has 0 fully saturated rings. The molecule has 0 amide bonds. The van der Waals surface area contributed by atoms with E-state index in [1.165, 1.54) is 10.8 Å². The van der Waals surface area contributed by atoms with Crippen LogP contribution < -0.4 is 5.73 Å². The molecular weight excluding hydrogens is 258 g/mol. The molecule has 100 valence electrons. The molecule has 0 unspecified atom stereocenters. The molecule has 0 aliphatic carbocycles. The van der Waals surface area contributed by atoms with E-state index in [2.05, 4.69) is 40.3 Å². The van der Waals surface area contributed by atoms with Crippen molar-refractivity contribution in [3.8, 4) is 11.3 Å². The van der Waals surface area contributed by atoms with E-state index in [0.29, 0.717) is 5.82 Å². The molecule has 4 aromatic rings. The smallest absolute Gasteiger partial charge is 0.133 e. The quantitative estimate of drug-likeness (QED) is 0.568. The van der Waals surface area contributed by atoms with Crippen LogP contribution in [0.3, 0.4) is 0 Å². The zero-order valence-corrected chi connectivity index (χ0v) is 11.3. The Kier molecular flexibility index (Phi) is 2.57. The van der Waals surface area contributed by atoms with Gasteiger partial charge in [0.25, 0.3) is 0 Å². The van der Waals surface area contributed by atoms with E-state index in [9.17, 15) is 0 Å². The van der Waals surface area contributed by atoms with E-state index >= 15 is 0 Å². The molecule has 0 saturated carbocycles. The van der Waals surface area contributed by atoms with Crippen molar-refractivity contribution in [2.45, 2.75) is 0 Å². The summed E-state index contributed by atoms with van der Waals surface area (Å²) >= 11 is 0. The maximum absolute atomic E-state index is 6.06. The Morgan fingerprint density at radius 3 is 2.57 bits per heavy atom. The van der Waals surface area contributed by atoms with Crippen molar-refractivity contribution in [2.75, 3.05) is 5.73 Å². The average molecular weight is 271 g/mol. The standard InChI is InChI=1S/C18H13N3/c19-18-15-6-3-9-20-17(15)11-16(21-18)14-8-7-12-4-1-2-5-13(12)10-14/h1-11H,(H2,19,21). The number of benzene rings is 2. The van der Waals surface area contributed by atoms with Crippen molar-refractivity contribution in [2.24, 2.45) is 0 Å². The fraction of sp³-hybridized carbons (Fsp3) is 0. The third kappa shape index (κ3) is 1.99. The normalized spacial score (nSPS) is 11.0. The first kappa shape index (κ1) is 11.9. The zero-order valence-electron chi connectivity index (χ0n) is 11.3. The maximum atomic E-state index is 6.06. The Bertz CT molecular complexity index is 961. The second-order valence-corrected chi connectivity index (χ2v) is 5.02. The minimum Gasteiger partial charge on any atom is -0.383 e. The van der Waals surface area contributed by atoms with E-state index < -0.39 is 0 Å². The van der Waals surface area contributed by atoms with Crippen molar-refractivity contribution in [1.29, 1.82) is 0 Å². The van der Waals surface area contributed by atoms with Crippen LogP contribution in [-0.2, 0) is 0 Å². The van der Waals surface area contributed by atoms with Gasteiger partial charge in [0.2, 0.25) is 0 Å². The summed E-state index contributed by atoms with van der Waals surface area (Å²) in [6, 6.07) is 20.4. The number of pyridine rings is 2. The molecule has 2 aromatic carbocycles. The van der Waals surface area contributed by atoms with Gasteiger partial charge in [-0.15, -0.1) is 0 Å². The molecule has 2 aromatic heterocycles. The molecule has 21 heavy (non-hydrogen) atoms. The number of rotatable bonds is 1. The minimum atomic E-state index is 0.517. The summed E-state index contributed by atoms with van der Waals surface area (Å²) in [6.07, 6.45) is 1.77. The predicted octanol–water partition coefficient (Wildman–Crippen LogP) is 4.03. The van der Waals surface area contributed by atoms with Gasteiger partial charge in [-0.05, 0) is 35.0 Å². The number of fused-ring (bicyclic) bond motifs is 2. The van der Waals surface area contributed by atoms with Crippen LogP contribution in [0.1, 0.15) is 0 Å². The van der Waals surface area contributed by atoms with Crippen LogP contribution in [-0.4, -0.2) is 9.97 Å². The van der Waals surface area contributed by atoms with E-state index in [0.717, 1.165) is 22.2 Å². The SMILES string of the molecule is Nc1nc(-c2ccc3ccccc3c2)cc2ncccc12. The van der Waals surface area contributed by atoms with Crippen LogP contribution in [0.15, 0.2) is 66.9 Å². The molecule has 0 saturated heterocycles. The van der Waals surface area contributed by atoms with E-state index in [4.69, 9.17) is 5.73 Å². The van der Waals surface area contributed by atoms with Crippen molar-refractivity contribution >= 4 is 27.5 Å². The van der Waals surface area contributed by atoms with Crippen molar-refractivity contribution < 1.29 is 0 Å². The Balaban J connectivity index is 1.95. The first-order valence-corrected chi connectivity index (χ1v) is 6.82. The van der Waals surface area contributed by atoms with E-state index in [-0.39, 0.29) is 0 Å². The lowest BCUT2D eigenvalue weighted by atomic mass is 10.0. The summed E-state index contributed by atoms with van der Waals surface area (Å²) in [5.74, 6) is 0.517. The Morgan fingerprint density at radius 1 is 0.810 bits per heavy atom. The maximum Gasteiger partial charge on any atom is 0.133 e. The van der Waals surface area contributed by atoms with Crippen molar-refractivity contribution in [1.82, 2.24) is 9.97 Å². The average Bonchev–Trinajstić information content (AvgIpc) is 2.54. The summed E-state index contributed by atoms with van der Waals surface area (Å²) in [6.45, 7) is 0. The molecule has 2 N–H and O–H groups in total. The van der Waals surface area contributed by atoms with Gasteiger partial charge in [-0.25, -0.2) is 4.98 Å². The first-order chi connectivity index (χ1) is 10.3. The molecule has 0 radical (unpaired) electrons. The third-order valence-corrected chi connectivity index (χ3v) is 3.67. The number of anilines is 1. The molecule has 0 bridgehead atoms. The van der Waals surface area contributed by atoms with Gasteiger partial charge in [0.15, 0.2) is 0 Å².